The van der Waals surface area contributed by atoms with Gasteiger partial charge in [0.25, 0.3) is 0 Å². The summed E-state index contributed by atoms with van der Waals surface area (Å²) in [4.78, 5) is 4.39. The maximum atomic E-state index is 11.1. The highest BCUT2D eigenvalue weighted by Crippen LogP contribution is 2.31. The number of hydrogen-bond donors (Lipinski definition) is 4. The van der Waals surface area contributed by atoms with Crippen LogP contribution >= 0.6 is 0 Å². The van der Waals surface area contributed by atoms with Crippen LogP contribution in [-0.2, 0) is 21.5 Å². The lowest BCUT2D eigenvalue weighted by Crippen LogP contribution is -2.36. The molecular weight excluding hydrogens is 474 g/mol. The lowest BCUT2D eigenvalue weighted by Gasteiger charge is -2.19. The molecule has 4 atom stereocenters. The van der Waals surface area contributed by atoms with Crippen molar-refractivity contribution >= 4 is 21.8 Å². The van der Waals surface area contributed by atoms with Crippen molar-refractivity contribution in [3.63, 3.8) is 0 Å². The summed E-state index contributed by atoms with van der Waals surface area (Å²) in [5.41, 5.74) is 4.21. The highest BCUT2D eigenvalue weighted by molar-refractivity contribution is 7.84. The van der Waals surface area contributed by atoms with Gasteiger partial charge in [-0.1, -0.05) is 18.2 Å². The van der Waals surface area contributed by atoms with Crippen molar-refractivity contribution < 1.29 is 22.8 Å². The number of benzene rings is 1. The molecule has 0 saturated heterocycles. The molecule has 35 heavy (non-hydrogen) atoms. The zero-order valence-corrected chi connectivity index (χ0v) is 19.6. The van der Waals surface area contributed by atoms with Gasteiger partial charge >= 0.3 is 10.3 Å². The summed E-state index contributed by atoms with van der Waals surface area (Å²) < 4.78 is 30.2. The average Bonchev–Trinajstić information content (AvgIpc) is 3.52. The molecule has 5 N–H and O–H groups in total. The molecule has 184 valence electrons. The fraction of sp³-hybridized carbons (Fsp3) is 0.318. The third-order valence-electron chi connectivity index (χ3n) is 6.14. The Kier molecular flexibility index (Phi) is 6.02. The van der Waals surface area contributed by atoms with Gasteiger partial charge in [-0.2, -0.15) is 23.1 Å². The highest BCUT2D eigenvalue weighted by Gasteiger charge is 2.42. The van der Waals surface area contributed by atoms with Crippen LogP contribution in [0.3, 0.4) is 0 Å². The lowest BCUT2D eigenvalue weighted by molar-refractivity contribution is 0.00777. The molecule has 1 aliphatic rings. The molecule has 4 aromatic rings. The van der Waals surface area contributed by atoms with Crippen molar-refractivity contribution in [3.05, 3.63) is 55.0 Å². The number of rotatable bonds is 7. The summed E-state index contributed by atoms with van der Waals surface area (Å²) in [5, 5.41) is 37.9. The van der Waals surface area contributed by atoms with Gasteiger partial charge in [0.2, 0.25) is 0 Å². The topological polar surface area (TPSA) is 170 Å². The Balaban J connectivity index is 1.39. The van der Waals surface area contributed by atoms with Crippen LogP contribution < -0.4 is 10.5 Å². The number of nitrogens with zero attached hydrogens (tertiary/aromatic N) is 5. The molecular formula is C22H25N7O5S. The molecule has 1 aromatic carbocycles. The predicted molar refractivity (Wildman–Crippen MR) is 127 cm³/mol. The summed E-state index contributed by atoms with van der Waals surface area (Å²) in [6.07, 6.45) is 3.31. The molecule has 0 amide bonds. The predicted octanol–water partition coefficient (Wildman–Crippen LogP) is 0.539. The first-order valence-corrected chi connectivity index (χ1v) is 12.4. The van der Waals surface area contributed by atoms with Crippen molar-refractivity contribution in [1.82, 2.24) is 24.4 Å². The standard InChI is InChI=1S/C22H25N7O5S/c1-28-11-16(10-25-28)13-3-2-4-14(7-13)17-9-20-24-6-5-19(29(20)27-17)26-18-8-15(21(30)22(18)31)12-34-35(23,32)33/h2-7,9-11,15,18,21-22,26,30-31H,8,12H2,1H3,(H2,23,32,33)/t15-,18-,21-,22+/m1/s1. The van der Waals surface area contributed by atoms with Gasteiger partial charge in [-0.3, -0.25) is 8.86 Å². The third-order valence-corrected chi connectivity index (χ3v) is 6.60. The highest BCUT2D eigenvalue weighted by atomic mass is 32.2. The molecule has 0 radical (unpaired) electrons. The Morgan fingerprint density at radius 2 is 1.97 bits per heavy atom. The van der Waals surface area contributed by atoms with Gasteiger partial charge in [-0.25, -0.2) is 10.1 Å². The van der Waals surface area contributed by atoms with E-state index in [2.05, 4.69) is 19.6 Å². The quantitative estimate of drug-likeness (QED) is 0.283. The first kappa shape index (κ1) is 23.4. The fourth-order valence-electron chi connectivity index (χ4n) is 4.38. The minimum atomic E-state index is -4.14. The summed E-state index contributed by atoms with van der Waals surface area (Å²) in [6, 6.07) is 10.9. The van der Waals surface area contributed by atoms with E-state index in [0.29, 0.717) is 17.2 Å². The van der Waals surface area contributed by atoms with Crippen molar-refractivity contribution in [1.29, 1.82) is 0 Å². The van der Waals surface area contributed by atoms with E-state index in [0.717, 1.165) is 16.7 Å². The third kappa shape index (κ3) is 4.90. The second kappa shape index (κ2) is 9.02. The first-order chi connectivity index (χ1) is 16.7. The molecule has 3 heterocycles. The molecule has 3 aromatic heterocycles. The van der Waals surface area contributed by atoms with Crippen molar-refractivity contribution in [3.8, 4) is 22.4 Å². The van der Waals surface area contributed by atoms with Crippen molar-refractivity contribution in [2.24, 2.45) is 18.1 Å². The zero-order chi connectivity index (χ0) is 24.7. The zero-order valence-electron chi connectivity index (χ0n) is 18.8. The van der Waals surface area contributed by atoms with Crippen molar-refractivity contribution in [2.75, 3.05) is 11.9 Å². The first-order valence-electron chi connectivity index (χ1n) is 10.9. The molecule has 0 unspecified atom stereocenters. The van der Waals surface area contributed by atoms with Crippen LogP contribution in [0.5, 0.6) is 0 Å². The number of fused-ring (bicyclic) bond motifs is 1. The number of hydrogen-bond acceptors (Lipinski definition) is 9. The number of aliphatic hydroxyl groups is 2. The van der Waals surface area contributed by atoms with Crippen LogP contribution in [0.4, 0.5) is 5.82 Å². The minimum Gasteiger partial charge on any atom is -0.390 e. The van der Waals surface area contributed by atoms with Crippen LogP contribution in [0.2, 0.25) is 0 Å². The number of nitrogens with one attached hydrogen (secondary N) is 1. The molecule has 12 nitrogen and oxygen atoms in total. The largest absolute Gasteiger partial charge is 0.390 e. The second-order valence-electron chi connectivity index (χ2n) is 8.62. The molecule has 1 aliphatic carbocycles. The van der Waals surface area contributed by atoms with E-state index >= 15 is 0 Å². The van der Waals surface area contributed by atoms with E-state index in [1.165, 1.54) is 0 Å². The maximum absolute atomic E-state index is 11.1. The molecule has 0 spiro atoms. The van der Waals surface area contributed by atoms with E-state index in [1.54, 1.807) is 27.7 Å². The van der Waals surface area contributed by atoms with Gasteiger partial charge in [-0.15, -0.1) is 0 Å². The summed E-state index contributed by atoms with van der Waals surface area (Å²) in [5.74, 6) is -0.0459. The molecule has 0 aliphatic heterocycles. The van der Waals surface area contributed by atoms with Crippen molar-refractivity contribution in [2.45, 2.75) is 24.7 Å². The Labute approximate surface area is 201 Å². The van der Waals surface area contributed by atoms with Crippen LogP contribution in [-0.4, -0.2) is 67.9 Å². The Morgan fingerprint density at radius 1 is 1.17 bits per heavy atom. The van der Waals surface area contributed by atoms with Gasteiger partial charge < -0.3 is 15.5 Å². The van der Waals surface area contributed by atoms with Crippen LogP contribution in [0.15, 0.2) is 55.0 Å². The number of aliphatic hydroxyl groups excluding tert-OH is 2. The number of aryl methyl sites for hydroxylation is 1. The van der Waals surface area contributed by atoms with E-state index in [1.807, 2.05) is 43.6 Å². The van der Waals surface area contributed by atoms with Crippen LogP contribution in [0.1, 0.15) is 6.42 Å². The lowest BCUT2D eigenvalue weighted by atomic mass is 10.0. The van der Waals surface area contributed by atoms with Gasteiger partial charge in [0.05, 0.1) is 30.6 Å². The van der Waals surface area contributed by atoms with E-state index < -0.39 is 34.5 Å². The molecule has 1 fully saturated rings. The fourth-order valence-corrected chi connectivity index (χ4v) is 4.74. The Hall–Kier alpha value is -3.36. The number of nitrogens with two attached hydrogens (primary N) is 1. The average molecular weight is 500 g/mol. The molecule has 5 rings (SSSR count). The second-order valence-corrected chi connectivity index (χ2v) is 9.84. The van der Waals surface area contributed by atoms with E-state index in [9.17, 15) is 18.6 Å². The SMILES string of the molecule is Cn1cc(-c2cccc(-c3cc4nccc(N[C@@H]5C[C@H](COS(N)(=O)=O)[C@@H](O)[C@H]5O)n4n3)c2)cn1. The Morgan fingerprint density at radius 3 is 2.71 bits per heavy atom. The van der Waals surface area contributed by atoms with Crippen LogP contribution in [0, 0.1) is 5.92 Å². The minimum absolute atomic E-state index is 0.267. The summed E-state index contributed by atoms with van der Waals surface area (Å²) in [7, 11) is -2.27. The number of aromatic nitrogens is 5. The molecule has 0 bridgehead atoms. The number of anilines is 1. The summed E-state index contributed by atoms with van der Waals surface area (Å²) >= 11 is 0. The monoisotopic (exact) mass is 499 g/mol. The van der Waals surface area contributed by atoms with Gasteiger partial charge in [-0.05, 0) is 24.1 Å². The van der Waals surface area contributed by atoms with E-state index in [-0.39, 0.29) is 13.0 Å². The van der Waals surface area contributed by atoms with Gasteiger partial charge in [0, 0.05) is 42.6 Å². The van der Waals surface area contributed by atoms with Gasteiger partial charge in [0.1, 0.15) is 11.9 Å². The van der Waals surface area contributed by atoms with Gasteiger partial charge in [0.15, 0.2) is 5.65 Å². The van der Waals surface area contributed by atoms with Crippen LogP contribution in [0.25, 0.3) is 28.0 Å². The molecule has 1 saturated carbocycles. The normalized spacial score (nSPS) is 22.6. The maximum Gasteiger partial charge on any atom is 0.333 e. The smallest absolute Gasteiger partial charge is 0.333 e. The Bertz CT molecular complexity index is 1470. The van der Waals surface area contributed by atoms with E-state index in [4.69, 9.17) is 10.2 Å². The summed E-state index contributed by atoms with van der Waals surface area (Å²) in [6.45, 7) is -0.319. The molecule has 13 heteroatoms.